The predicted octanol–water partition coefficient (Wildman–Crippen LogP) is 2.02. The molecule has 0 radical (unpaired) electrons. The molecule has 0 saturated heterocycles. The molecule has 1 rings (SSSR count). The molecule has 6 nitrogen and oxygen atoms in total. The largest absolute Gasteiger partial charge is 0.497 e. The van der Waals surface area contributed by atoms with Crippen molar-refractivity contribution in [1.82, 2.24) is 4.90 Å². The van der Waals surface area contributed by atoms with Crippen molar-refractivity contribution in [2.24, 2.45) is 5.73 Å². The number of carbonyl (C=O) groups is 2. The number of nitrogens with two attached hydrogens (primary N) is 1. The molecule has 0 saturated carbocycles. The zero-order chi connectivity index (χ0) is 18.3. The number of anilines is 1. The Morgan fingerprint density at radius 1 is 1.08 bits per heavy atom. The molecule has 0 spiro atoms. The second kappa shape index (κ2) is 9.15. The van der Waals surface area contributed by atoms with E-state index in [2.05, 4.69) is 0 Å². The van der Waals surface area contributed by atoms with Crippen LogP contribution in [0.1, 0.15) is 34.1 Å². The molecule has 0 atom stereocenters. The normalized spacial score (nSPS) is 10.8. The van der Waals surface area contributed by atoms with Gasteiger partial charge in [-0.2, -0.15) is 0 Å². The highest BCUT2D eigenvalue weighted by Crippen LogP contribution is 2.20. The van der Waals surface area contributed by atoms with Crippen molar-refractivity contribution in [3.63, 3.8) is 0 Å². The van der Waals surface area contributed by atoms with Crippen LogP contribution in [-0.2, 0) is 9.59 Å². The summed E-state index contributed by atoms with van der Waals surface area (Å²) < 4.78 is 5.16. The van der Waals surface area contributed by atoms with Crippen molar-refractivity contribution < 1.29 is 14.3 Å². The lowest BCUT2D eigenvalue weighted by molar-refractivity contribution is -0.133. The highest BCUT2D eigenvalue weighted by Gasteiger charge is 2.22. The Hall–Kier alpha value is -2.24. The number of benzene rings is 1. The molecule has 0 unspecified atom stereocenters. The van der Waals surface area contributed by atoms with E-state index >= 15 is 0 Å². The van der Waals surface area contributed by atoms with Crippen LogP contribution in [0.4, 0.5) is 5.69 Å². The minimum Gasteiger partial charge on any atom is -0.497 e. The van der Waals surface area contributed by atoms with Gasteiger partial charge in [0, 0.05) is 30.7 Å². The Morgan fingerprint density at radius 2 is 1.62 bits per heavy atom. The molecule has 0 aliphatic rings. The second-order valence-corrected chi connectivity index (χ2v) is 6.32. The summed E-state index contributed by atoms with van der Waals surface area (Å²) in [6, 6.07) is 7.65. The molecule has 134 valence electrons. The molecule has 2 N–H and O–H groups in total. The first-order valence-electron chi connectivity index (χ1n) is 8.24. The van der Waals surface area contributed by atoms with Crippen LogP contribution in [0.3, 0.4) is 0 Å². The maximum atomic E-state index is 12.7. The average molecular weight is 335 g/mol. The Bertz CT molecular complexity index is 533. The van der Waals surface area contributed by atoms with E-state index < -0.39 is 0 Å². The first-order chi connectivity index (χ1) is 11.3. The predicted molar refractivity (Wildman–Crippen MR) is 96.1 cm³/mol. The molecule has 0 bridgehead atoms. The number of rotatable bonds is 9. The first kappa shape index (κ1) is 19.8. The molecule has 6 heteroatoms. The van der Waals surface area contributed by atoms with Crippen molar-refractivity contribution in [2.45, 2.75) is 46.2 Å². The van der Waals surface area contributed by atoms with Gasteiger partial charge in [0.25, 0.3) is 0 Å². The third-order valence-corrected chi connectivity index (χ3v) is 3.79. The molecule has 1 aromatic carbocycles. The minimum absolute atomic E-state index is 0.0280. The fraction of sp³-hybridized carbons (Fsp3) is 0.556. The summed E-state index contributed by atoms with van der Waals surface area (Å²) in [5.41, 5.74) is 6.13. The molecule has 24 heavy (non-hydrogen) atoms. The summed E-state index contributed by atoms with van der Waals surface area (Å²) in [5, 5.41) is 0. The van der Waals surface area contributed by atoms with E-state index in [-0.39, 0.29) is 36.9 Å². The van der Waals surface area contributed by atoms with Crippen molar-refractivity contribution in [3.05, 3.63) is 24.3 Å². The van der Waals surface area contributed by atoms with Gasteiger partial charge in [-0.1, -0.05) is 0 Å². The average Bonchev–Trinajstić information content (AvgIpc) is 2.50. The van der Waals surface area contributed by atoms with Crippen LogP contribution in [0, 0.1) is 0 Å². The summed E-state index contributed by atoms with van der Waals surface area (Å²) in [5.74, 6) is 0.386. The number of nitrogens with zero attached hydrogens (tertiary/aromatic N) is 2. The fourth-order valence-corrected chi connectivity index (χ4v) is 2.75. The van der Waals surface area contributed by atoms with Gasteiger partial charge in [-0.25, -0.2) is 0 Å². The highest BCUT2D eigenvalue weighted by atomic mass is 16.5. The van der Waals surface area contributed by atoms with Gasteiger partial charge in [0.2, 0.25) is 11.8 Å². The molecular formula is C18H29N3O3. The number of primary amides is 1. The minimum atomic E-state index is -0.384. The molecule has 1 aromatic rings. The standard InChI is InChI=1S/C18H29N3O3/c1-13(2)21(14(3)4)18(23)12-20(11-10-17(19)22)15-6-8-16(24-5)9-7-15/h6-9,13-14H,10-12H2,1-5H3,(H2,19,22). The Kier molecular flexibility index (Phi) is 7.55. The quantitative estimate of drug-likeness (QED) is 0.749. The Morgan fingerprint density at radius 3 is 2.04 bits per heavy atom. The summed E-state index contributed by atoms with van der Waals surface area (Å²) in [7, 11) is 1.60. The number of ether oxygens (including phenoxy) is 1. The topological polar surface area (TPSA) is 75.9 Å². The zero-order valence-corrected chi connectivity index (χ0v) is 15.3. The van der Waals surface area contributed by atoms with Crippen molar-refractivity contribution in [1.29, 1.82) is 0 Å². The van der Waals surface area contributed by atoms with Crippen LogP contribution in [0.2, 0.25) is 0 Å². The van der Waals surface area contributed by atoms with E-state index in [0.29, 0.717) is 6.54 Å². The number of hydrogen-bond donors (Lipinski definition) is 1. The molecule has 0 heterocycles. The lowest BCUT2D eigenvalue weighted by Gasteiger charge is -2.34. The molecule has 0 aliphatic carbocycles. The van der Waals surface area contributed by atoms with Crippen molar-refractivity contribution >= 4 is 17.5 Å². The monoisotopic (exact) mass is 335 g/mol. The summed E-state index contributed by atoms with van der Waals surface area (Å²) in [6.45, 7) is 8.60. The molecule has 0 aromatic heterocycles. The number of methoxy groups -OCH3 is 1. The van der Waals surface area contributed by atoms with Gasteiger partial charge in [0.1, 0.15) is 5.75 Å². The molecule has 2 amide bonds. The number of hydrogen-bond acceptors (Lipinski definition) is 4. The lowest BCUT2D eigenvalue weighted by atomic mass is 10.2. The van der Waals surface area contributed by atoms with Crippen LogP contribution in [0.15, 0.2) is 24.3 Å². The molecular weight excluding hydrogens is 306 g/mol. The van der Waals surface area contributed by atoms with Crippen LogP contribution < -0.4 is 15.4 Å². The van der Waals surface area contributed by atoms with E-state index in [1.807, 2.05) is 61.8 Å². The third kappa shape index (κ3) is 5.76. The van der Waals surface area contributed by atoms with Gasteiger partial charge in [-0.05, 0) is 52.0 Å². The summed E-state index contributed by atoms with van der Waals surface area (Å²) in [6.07, 6.45) is 0.197. The van der Waals surface area contributed by atoms with E-state index in [1.54, 1.807) is 7.11 Å². The smallest absolute Gasteiger partial charge is 0.242 e. The van der Waals surface area contributed by atoms with Crippen LogP contribution in [0.25, 0.3) is 0 Å². The van der Waals surface area contributed by atoms with Crippen LogP contribution in [-0.4, -0.2) is 49.0 Å². The summed E-state index contributed by atoms with van der Waals surface area (Å²) >= 11 is 0. The van der Waals surface area contributed by atoms with Crippen molar-refractivity contribution in [3.8, 4) is 5.75 Å². The summed E-state index contributed by atoms with van der Waals surface area (Å²) in [4.78, 5) is 27.6. The van der Waals surface area contributed by atoms with E-state index in [4.69, 9.17) is 10.5 Å². The lowest BCUT2D eigenvalue weighted by Crippen LogP contribution is -2.47. The molecule has 0 aliphatic heterocycles. The van der Waals surface area contributed by atoms with Crippen LogP contribution >= 0.6 is 0 Å². The van der Waals surface area contributed by atoms with Gasteiger partial charge >= 0.3 is 0 Å². The Labute approximate surface area is 144 Å². The fourth-order valence-electron chi connectivity index (χ4n) is 2.75. The maximum Gasteiger partial charge on any atom is 0.242 e. The third-order valence-electron chi connectivity index (χ3n) is 3.79. The van der Waals surface area contributed by atoms with Crippen molar-refractivity contribution in [2.75, 3.05) is 25.1 Å². The van der Waals surface area contributed by atoms with Gasteiger partial charge in [-0.3, -0.25) is 9.59 Å². The van der Waals surface area contributed by atoms with Gasteiger partial charge in [0.15, 0.2) is 0 Å². The number of carbonyl (C=O) groups excluding carboxylic acids is 2. The highest BCUT2D eigenvalue weighted by molar-refractivity contribution is 5.82. The Balaban J connectivity index is 2.95. The second-order valence-electron chi connectivity index (χ2n) is 6.32. The van der Waals surface area contributed by atoms with E-state index in [1.165, 1.54) is 0 Å². The zero-order valence-electron chi connectivity index (χ0n) is 15.3. The van der Waals surface area contributed by atoms with Gasteiger partial charge in [-0.15, -0.1) is 0 Å². The number of amides is 2. The van der Waals surface area contributed by atoms with Gasteiger partial charge in [0.05, 0.1) is 13.7 Å². The SMILES string of the molecule is COc1ccc(N(CCC(N)=O)CC(=O)N(C(C)C)C(C)C)cc1. The maximum absolute atomic E-state index is 12.7. The van der Waals surface area contributed by atoms with Gasteiger partial charge < -0.3 is 20.3 Å². The molecule has 0 fully saturated rings. The van der Waals surface area contributed by atoms with E-state index in [0.717, 1.165) is 11.4 Å². The van der Waals surface area contributed by atoms with E-state index in [9.17, 15) is 9.59 Å². The first-order valence-corrected chi connectivity index (χ1v) is 8.24. The van der Waals surface area contributed by atoms with Crippen LogP contribution in [0.5, 0.6) is 5.75 Å².